The first-order chi connectivity index (χ1) is 7.79. The molecule has 0 fully saturated rings. The SMILES string of the molecule is Cn1ccc(C(CCc2cccs2)NN)n1. The van der Waals surface area contributed by atoms with Crippen molar-refractivity contribution < 1.29 is 0 Å². The fourth-order valence-corrected chi connectivity index (χ4v) is 2.40. The topological polar surface area (TPSA) is 55.9 Å². The van der Waals surface area contributed by atoms with Gasteiger partial charge in [0.05, 0.1) is 11.7 Å². The number of hydrogen-bond donors (Lipinski definition) is 2. The third-order valence-corrected chi connectivity index (χ3v) is 3.49. The summed E-state index contributed by atoms with van der Waals surface area (Å²) < 4.78 is 1.80. The molecule has 0 aliphatic rings. The van der Waals surface area contributed by atoms with Crippen LogP contribution in [0.5, 0.6) is 0 Å². The summed E-state index contributed by atoms with van der Waals surface area (Å²) in [6, 6.07) is 6.35. The van der Waals surface area contributed by atoms with Crippen LogP contribution in [0.1, 0.15) is 23.0 Å². The van der Waals surface area contributed by atoms with Gasteiger partial charge in [-0.05, 0) is 30.4 Å². The Hall–Kier alpha value is -1.17. The Balaban J connectivity index is 1.96. The molecule has 3 N–H and O–H groups in total. The third kappa shape index (κ3) is 2.69. The highest BCUT2D eigenvalue weighted by molar-refractivity contribution is 7.09. The second-order valence-electron chi connectivity index (χ2n) is 3.75. The molecule has 2 aromatic rings. The van der Waals surface area contributed by atoms with Gasteiger partial charge in [-0.2, -0.15) is 5.10 Å². The van der Waals surface area contributed by atoms with Gasteiger partial charge in [0.2, 0.25) is 0 Å². The molecular weight excluding hydrogens is 220 g/mol. The first-order valence-electron chi connectivity index (χ1n) is 5.27. The second-order valence-corrected chi connectivity index (χ2v) is 4.78. The van der Waals surface area contributed by atoms with Crippen molar-refractivity contribution >= 4 is 11.3 Å². The minimum atomic E-state index is 0.128. The highest BCUT2D eigenvalue weighted by Gasteiger charge is 2.12. The van der Waals surface area contributed by atoms with E-state index in [0.717, 1.165) is 18.5 Å². The van der Waals surface area contributed by atoms with E-state index in [4.69, 9.17) is 5.84 Å². The fourth-order valence-electron chi connectivity index (χ4n) is 1.68. The van der Waals surface area contributed by atoms with Gasteiger partial charge in [-0.3, -0.25) is 16.0 Å². The van der Waals surface area contributed by atoms with Gasteiger partial charge in [-0.1, -0.05) is 6.07 Å². The van der Waals surface area contributed by atoms with Crippen LogP contribution in [0, 0.1) is 0 Å². The molecule has 0 aliphatic carbocycles. The second kappa shape index (κ2) is 5.25. The normalized spacial score (nSPS) is 12.9. The van der Waals surface area contributed by atoms with E-state index < -0.39 is 0 Å². The summed E-state index contributed by atoms with van der Waals surface area (Å²) in [7, 11) is 1.91. The zero-order valence-corrected chi connectivity index (χ0v) is 10.1. The van der Waals surface area contributed by atoms with Crippen LogP contribution in [0.25, 0.3) is 0 Å². The third-order valence-electron chi connectivity index (χ3n) is 2.55. The van der Waals surface area contributed by atoms with Gasteiger partial charge in [0.25, 0.3) is 0 Å². The number of thiophene rings is 1. The quantitative estimate of drug-likeness (QED) is 0.612. The molecule has 0 radical (unpaired) electrons. The number of rotatable bonds is 5. The molecule has 4 nitrogen and oxygen atoms in total. The standard InChI is InChI=1S/C11H16N4S/c1-15-7-6-11(14-15)10(13-12)5-4-9-3-2-8-16-9/h2-3,6-8,10,13H,4-5,12H2,1H3. The Bertz CT molecular complexity index is 421. The van der Waals surface area contributed by atoms with E-state index in [9.17, 15) is 0 Å². The summed E-state index contributed by atoms with van der Waals surface area (Å²) in [5.41, 5.74) is 3.82. The Morgan fingerprint density at radius 2 is 2.44 bits per heavy atom. The number of nitrogens with zero attached hydrogens (tertiary/aromatic N) is 2. The van der Waals surface area contributed by atoms with Crippen molar-refractivity contribution in [2.75, 3.05) is 0 Å². The van der Waals surface area contributed by atoms with Crippen LogP contribution in [-0.2, 0) is 13.5 Å². The predicted molar refractivity (Wildman–Crippen MR) is 65.9 cm³/mol. The summed E-state index contributed by atoms with van der Waals surface area (Å²) in [4.78, 5) is 1.39. The van der Waals surface area contributed by atoms with Crippen molar-refractivity contribution in [3.05, 3.63) is 40.3 Å². The number of nitrogens with two attached hydrogens (primary N) is 1. The van der Waals surface area contributed by atoms with Crippen LogP contribution in [-0.4, -0.2) is 9.78 Å². The minimum Gasteiger partial charge on any atom is -0.275 e. The maximum absolute atomic E-state index is 5.56. The average molecular weight is 236 g/mol. The number of hydrazine groups is 1. The fraction of sp³-hybridized carbons (Fsp3) is 0.364. The van der Waals surface area contributed by atoms with E-state index in [0.29, 0.717) is 0 Å². The number of nitrogens with one attached hydrogen (secondary N) is 1. The van der Waals surface area contributed by atoms with Crippen LogP contribution in [0.2, 0.25) is 0 Å². The molecule has 2 aromatic heterocycles. The van der Waals surface area contributed by atoms with E-state index in [2.05, 4.69) is 28.0 Å². The Morgan fingerprint density at radius 3 is 3.00 bits per heavy atom. The monoisotopic (exact) mass is 236 g/mol. The maximum Gasteiger partial charge on any atom is 0.0807 e. The van der Waals surface area contributed by atoms with E-state index in [1.807, 2.05) is 19.3 Å². The molecule has 5 heteroatoms. The van der Waals surface area contributed by atoms with Crippen molar-refractivity contribution in [2.45, 2.75) is 18.9 Å². The molecule has 2 heterocycles. The van der Waals surface area contributed by atoms with E-state index in [-0.39, 0.29) is 6.04 Å². The lowest BCUT2D eigenvalue weighted by Gasteiger charge is -2.12. The summed E-state index contributed by atoms with van der Waals surface area (Å²) >= 11 is 1.78. The van der Waals surface area contributed by atoms with Gasteiger partial charge in [0.15, 0.2) is 0 Å². The maximum atomic E-state index is 5.56. The van der Waals surface area contributed by atoms with Crippen LogP contribution in [0.4, 0.5) is 0 Å². The summed E-state index contributed by atoms with van der Waals surface area (Å²) in [5.74, 6) is 5.56. The van der Waals surface area contributed by atoms with Crippen molar-refractivity contribution in [3.8, 4) is 0 Å². The molecular formula is C11H16N4S. The molecule has 0 aliphatic heterocycles. The Morgan fingerprint density at radius 1 is 1.56 bits per heavy atom. The molecule has 0 amide bonds. The molecule has 2 rings (SSSR count). The van der Waals surface area contributed by atoms with Gasteiger partial charge >= 0.3 is 0 Å². The van der Waals surface area contributed by atoms with E-state index in [1.165, 1.54) is 4.88 Å². The summed E-state index contributed by atoms with van der Waals surface area (Å²) in [6.07, 6.45) is 3.93. The molecule has 0 bridgehead atoms. The van der Waals surface area contributed by atoms with Crippen molar-refractivity contribution in [3.63, 3.8) is 0 Å². The molecule has 16 heavy (non-hydrogen) atoms. The van der Waals surface area contributed by atoms with Gasteiger partial charge in [0, 0.05) is 18.1 Å². The molecule has 1 unspecified atom stereocenters. The zero-order valence-electron chi connectivity index (χ0n) is 9.26. The first-order valence-corrected chi connectivity index (χ1v) is 6.15. The smallest absolute Gasteiger partial charge is 0.0807 e. The van der Waals surface area contributed by atoms with Gasteiger partial charge in [-0.15, -0.1) is 11.3 Å². The lowest BCUT2D eigenvalue weighted by atomic mass is 10.1. The van der Waals surface area contributed by atoms with E-state index >= 15 is 0 Å². The predicted octanol–water partition coefficient (Wildman–Crippen LogP) is 1.62. The number of aromatic nitrogens is 2. The van der Waals surface area contributed by atoms with Gasteiger partial charge in [-0.25, -0.2) is 0 Å². The molecule has 0 spiro atoms. The average Bonchev–Trinajstić information content (AvgIpc) is 2.91. The first kappa shape index (κ1) is 11.3. The highest BCUT2D eigenvalue weighted by atomic mass is 32.1. The minimum absolute atomic E-state index is 0.128. The van der Waals surface area contributed by atoms with E-state index in [1.54, 1.807) is 16.0 Å². The summed E-state index contributed by atoms with van der Waals surface area (Å²) in [6.45, 7) is 0. The lowest BCUT2D eigenvalue weighted by molar-refractivity contribution is 0.499. The largest absolute Gasteiger partial charge is 0.275 e. The van der Waals surface area contributed by atoms with Gasteiger partial charge < -0.3 is 0 Å². The highest BCUT2D eigenvalue weighted by Crippen LogP contribution is 2.18. The lowest BCUT2D eigenvalue weighted by Crippen LogP contribution is -2.28. The van der Waals surface area contributed by atoms with Crippen molar-refractivity contribution in [1.82, 2.24) is 15.2 Å². The van der Waals surface area contributed by atoms with Crippen molar-refractivity contribution in [2.24, 2.45) is 12.9 Å². The molecule has 0 saturated carbocycles. The van der Waals surface area contributed by atoms with Gasteiger partial charge in [0.1, 0.15) is 0 Å². The van der Waals surface area contributed by atoms with Crippen LogP contribution < -0.4 is 11.3 Å². The summed E-state index contributed by atoms with van der Waals surface area (Å²) in [5, 5.41) is 6.46. The van der Waals surface area contributed by atoms with Crippen LogP contribution >= 0.6 is 11.3 Å². The molecule has 0 saturated heterocycles. The number of hydrogen-bond acceptors (Lipinski definition) is 4. The van der Waals surface area contributed by atoms with Crippen LogP contribution in [0.3, 0.4) is 0 Å². The Labute approximate surface area is 99.1 Å². The Kier molecular flexibility index (Phi) is 3.71. The van der Waals surface area contributed by atoms with Crippen molar-refractivity contribution in [1.29, 1.82) is 0 Å². The number of aryl methyl sites for hydroxylation is 2. The zero-order chi connectivity index (χ0) is 11.4. The van der Waals surface area contributed by atoms with Crippen LogP contribution in [0.15, 0.2) is 29.8 Å². The molecule has 0 aromatic carbocycles. The molecule has 1 atom stereocenters. The molecule has 86 valence electrons.